The van der Waals surface area contributed by atoms with Gasteiger partial charge in [0.1, 0.15) is 5.82 Å². The minimum atomic E-state index is -0.561. The number of anilines is 3. The number of hydrogen-bond acceptors (Lipinski definition) is 4. The van der Waals surface area contributed by atoms with E-state index in [1.54, 1.807) is 37.3 Å². The van der Waals surface area contributed by atoms with Crippen LogP contribution in [0, 0.1) is 12.7 Å². The summed E-state index contributed by atoms with van der Waals surface area (Å²) < 4.78 is 13.5. The molecule has 4 amide bonds. The van der Waals surface area contributed by atoms with Crippen LogP contribution in [-0.4, -0.2) is 23.6 Å². The molecule has 0 fully saturated rings. The molecule has 0 aliphatic carbocycles. The molecule has 0 spiro atoms. The molecule has 0 atom stereocenters. The van der Waals surface area contributed by atoms with Crippen LogP contribution in [0.15, 0.2) is 60.7 Å². The maximum Gasteiger partial charge on any atom is 0.266 e. The lowest BCUT2D eigenvalue weighted by Crippen LogP contribution is -2.29. The Morgan fingerprint density at radius 2 is 1.53 bits per heavy atom. The fourth-order valence-corrected chi connectivity index (χ4v) is 3.44. The minimum Gasteiger partial charge on any atom is -0.326 e. The summed E-state index contributed by atoms with van der Waals surface area (Å²) in [6.07, 6.45) is 0. The Kier molecular flexibility index (Phi) is 5.28. The van der Waals surface area contributed by atoms with Gasteiger partial charge in [0.15, 0.2) is 0 Å². The molecule has 0 saturated heterocycles. The molecule has 7 nitrogen and oxygen atoms in total. The summed E-state index contributed by atoms with van der Waals surface area (Å²) in [5.74, 6) is -2.32. The Labute approximate surface area is 182 Å². The molecule has 0 saturated carbocycles. The Morgan fingerprint density at radius 3 is 2.22 bits per heavy atom. The zero-order chi connectivity index (χ0) is 23.0. The summed E-state index contributed by atoms with van der Waals surface area (Å²) >= 11 is 0. The van der Waals surface area contributed by atoms with Crippen LogP contribution in [0.25, 0.3) is 0 Å². The molecule has 4 rings (SSSR count). The fraction of sp³-hybridized carbons (Fsp3) is 0.0833. The van der Waals surface area contributed by atoms with Crippen LogP contribution in [-0.2, 0) is 4.79 Å². The molecule has 160 valence electrons. The summed E-state index contributed by atoms with van der Waals surface area (Å²) in [5, 5.41) is 5.24. The van der Waals surface area contributed by atoms with E-state index in [1.807, 2.05) is 0 Å². The van der Waals surface area contributed by atoms with E-state index in [-0.39, 0.29) is 22.6 Å². The van der Waals surface area contributed by atoms with Crippen LogP contribution in [0.3, 0.4) is 0 Å². The number of carbonyl (C=O) groups excluding carboxylic acids is 4. The number of fused-ring (bicyclic) bond motifs is 1. The van der Waals surface area contributed by atoms with Crippen LogP contribution in [0.2, 0.25) is 0 Å². The van der Waals surface area contributed by atoms with Gasteiger partial charge in [0.25, 0.3) is 17.7 Å². The third kappa shape index (κ3) is 3.85. The first kappa shape index (κ1) is 20.9. The lowest BCUT2D eigenvalue weighted by molar-refractivity contribution is -0.114. The van der Waals surface area contributed by atoms with E-state index in [9.17, 15) is 23.6 Å². The first-order valence-corrected chi connectivity index (χ1v) is 9.72. The van der Waals surface area contributed by atoms with E-state index < -0.39 is 23.5 Å². The van der Waals surface area contributed by atoms with Crippen molar-refractivity contribution >= 4 is 40.7 Å². The SMILES string of the molecule is CC(=O)Nc1ccc(N2C(=O)c3ccc(C(=O)Nc4cc(F)ccc4C)cc3C2=O)cc1. The molecule has 8 heteroatoms. The molecule has 3 aromatic carbocycles. The van der Waals surface area contributed by atoms with Crippen molar-refractivity contribution in [2.75, 3.05) is 15.5 Å². The van der Waals surface area contributed by atoms with Gasteiger partial charge >= 0.3 is 0 Å². The molecular formula is C24H18FN3O4. The Bertz CT molecular complexity index is 1280. The highest BCUT2D eigenvalue weighted by atomic mass is 19.1. The van der Waals surface area contributed by atoms with Crippen LogP contribution < -0.4 is 15.5 Å². The second kappa shape index (κ2) is 8.07. The average Bonchev–Trinajstić information content (AvgIpc) is 3.01. The van der Waals surface area contributed by atoms with Crippen molar-refractivity contribution in [3.63, 3.8) is 0 Å². The van der Waals surface area contributed by atoms with E-state index in [0.717, 1.165) is 4.90 Å². The van der Waals surface area contributed by atoms with E-state index in [2.05, 4.69) is 10.6 Å². The maximum absolute atomic E-state index is 13.5. The predicted octanol–water partition coefficient (Wildman–Crippen LogP) is 4.15. The van der Waals surface area contributed by atoms with Crippen molar-refractivity contribution in [1.29, 1.82) is 0 Å². The summed E-state index contributed by atoms with van der Waals surface area (Å²) in [6, 6.07) is 14.5. The van der Waals surface area contributed by atoms with Gasteiger partial charge in [0, 0.05) is 23.9 Å². The first-order chi connectivity index (χ1) is 15.2. The third-order valence-corrected chi connectivity index (χ3v) is 5.04. The molecule has 1 heterocycles. The normalized spacial score (nSPS) is 12.5. The smallest absolute Gasteiger partial charge is 0.266 e. The maximum atomic E-state index is 13.5. The molecule has 32 heavy (non-hydrogen) atoms. The quantitative estimate of drug-likeness (QED) is 0.607. The highest BCUT2D eigenvalue weighted by Gasteiger charge is 2.37. The number of halogens is 1. The van der Waals surface area contributed by atoms with Crippen LogP contribution in [0.4, 0.5) is 21.5 Å². The summed E-state index contributed by atoms with van der Waals surface area (Å²) in [4.78, 5) is 50.6. The largest absolute Gasteiger partial charge is 0.326 e. The standard InChI is InChI=1S/C24H18FN3O4/c1-13-3-5-16(25)12-21(13)27-22(30)15-4-10-19-20(11-15)24(32)28(23(19)31)18-8-6-17(7-9-18)26-14(2)29/h3-12H,1-2H3,(H,26,29)(H,27,30). The molecule has 0 radical (unpaired) electrons. The second-order valence-corrected chi connectivity index (χ2v) is 7.35. The van der Waals surface area contributed by atoms with Gasteiger partial charge < -0.3 is 10.6 Å². The van der Waals surface area contributed by atoms with Gasteiger partial charge in [0.2, 0.25) is 5.91 Å². The topological polar surface area (TPSA) is 95.6 Å². The van der Waals surface area contributed by atoms with Crippen molar-refractivity contribution in [2.24, 2.45) is 0 Å². The number of carbonyl (C=O) groups is 4. The lowest BCUT2D eigenvalue weighted by Gasteiger charge is -2.14. The summed E-state index contributed by atoms with van der Waals surface area (Å²) in [5.41, 5.74) is 2.32. The molecule has 1 aliphatic heterocycles. The van der Waals surface area contributed by atoms with Gasteiger partial charge in [-0.3, -0.25) is 19.2 Å². The van der Waals surface area contributed by atoms with Gasteiger partial charge in [-0.25, -0.2) is 9.29 Å². The summed E-state index contributed by atoms with van der Waals surface area (Å²) in [6.45, 7) is 3.11. The number of nitrogens with one attached hydrogen (secondary N) is 2. The number of aryl methyl sites for hydroxylation is 1. The average molecular weight is 431 g/mol. The van der Waals surface area contributed by atoms with Crippen molar-refractivity contribution < 1.29 is 23.6 Å². The molecule has 2 N–H and O–H groups in total. The highest BCUT2D eigenvalue weighted by molar-refractivity contribution is 6.34. The Morgan fingerprint density at radius 1 is 0.844 bits per heavy atom. The van der Waals surface area contributed by atoms with Gasteiger partial charge in [-0.05, 0) is 67.1 Å². The molecule has 1 aliphatic rings. The van der Waals surface area contributed by atoms with Gasteiger partial charge in [-0.15, -0.1) is 0 Å². The van der Waals surface area contributed by atoms with Crippen LogP contribution in [0.5, 0.6) is 0 Å². The van der Waals surface area contributed by atoms with Gasteiger partial charge in [0.05, 0.1) is 16.8 Å². The molecule has 3 aromatic rings. The molecule has 0 unspecified atom stereocenters. The molecule has 0 aromatic heterocycles. The van der Waals surface area contributed by atoms with E-state index in [1.165, 1.54) is 37.3 Å². The van der Waals surface area contributed by atoms with Gasteiger partial charge in [-0.1, -0.05) is 6.07 Å². The van der Waals surface area contributed by atoms with E-state index >= 15 is 0 Å². The van der Waals surface area contributed by atoms with E-state index in [0.29, 0.717) is 22.6 Å². The number of hydrogen-bond donors (Lipinski definition) is 2. The predicted molar refractivity (Wildman–Crippen MR) is 117 cm³/mol. The van der Waals surface area contributed by atoms with Crippen molar-refractivity contribution in [3.8, 4) is 0 Å². The zero-order valence-corrected chi connectivity index (χ0v) is 17.2. The number of benzene rings is 3. The van der Waals surface area contributed by atoms with Gasteiger partial charge in [-0.2, -0.15) is 0 Å². The Hall–Kier alpha value is -4.33. The fourth-order valence-electron chi connectivity index (χ4n) is 3.44. The zero-order valence-electron chi connectivity index (χ0n) is 17.2. The highest BCUT2D eigenvalue weighted by Crippen LogP contribution is 2.30. The minimum absolute atomic E-state index is 0.101. The Balaban J connectivity index is 1.59. The number of imide groups is 1. The van der Waals surface area contributed by atoms with Crippen molar-refractivity contribution in [3.05, 3.63) is 88.7 Å². The van der Waals surface area contributed by atoms with Crippen LogP contribution in [0.1, 0.15) is 43.6 Å². The monoisotopic (exact) mass is 431 g/mol. The molecular weight excluding hydrogens is 413 g/mol. The number of nitrogens with zero attached hydrogens (tertiary/aromatic N) is 1. The lowest BCUT2D eigenvalue weighted by atomic mass is 10.0. The number of rotatable bonds is 4. The van der Waals surface area contributed by atoms with Crippen LogP contribution >= 0.6 is 0 Å². The second-order valence-electron chi connectivity index (χ2n) is 7.35. The first-order valence-electron chi connectivity index (χ1n) is 9.72. The number of amides is 4. The third-order valence-electron chi connectivity index (χ3n) is 5.04. The summed E-state index contributed by atoms with van der Waals surface area (Å²) in [7, 11) is 0. The molecule has 0 bridgehead atoms. The van der Waals surface area contributed by atoms with Crippen molar-refractivity contribution in [2.45, 2.75) is 13.8 Å². The van der Waals surface area contributed by atoms with E-state index in [4.69, 9.17) is 0 Å². The van der Waals surface area contributed by atoms with Crippen molar-refractivity contribution in [1.82, 2.24) is 0 Å².